The molecule has 0 amide bonds. The largest absolute Gasteiger partial charge is 0.478 e. The summed E-state index contributed by atoms with van der Waals surface area (Å²) in [6, 6.07) is 1.55. The van der Waals surface area contributed by atoms with E-state index in [0.29, 0.717) is 6.07 Å². The van der Waals surface area contributed by atoms with Crippen molar-refractivity contribution in [2.75, 3.05) is 31.7 Å². The van der Waals surface area contributed by atoms with E-state index in [1.165, 1.54) is 18.1 Å². The molecule has 0 aliphatic rings. The molecule has 5 nitrogen and oxygen atoms in total. The molecule has 0 saturated carbocycles. The second-order valence-corrected chi connectivity index (χ2v) is 4.10. The van der Waals surface area contributed by atoms with Gasteiger partial charge < -0.3 is 14.7 Å². The summed E-state index contributed by atoms with van der Waals surface area (Å²) < 4.78 is 43.1. The van der Waals surface area contributed by atoms with Crippen LogP contribution in [0.4, 0.5) is 19.0 Å². The number of methoxy groups -OCH3 is 1. The number of pyridine rings is 1. The van der Waals surface area contributed by atoms with Crippen molar-refractivity contribution in [3.63, 3.8) is 0 Å². The van der Waals surface area contributed by atoms with E-state index >= 15 is 0 Å². The van der Waals surface area contributed by atoms with E-state index in [0.717, 1.165) is 6.07 Å². The minimum absolute atomic E-state index is 0.151. The molecule has 1 N–H and O–H groups in total. The number of anilines is 1. The first-order valence-electron chi connectivity index (χ1n) is 5.97. The maximum absolute atomic E-state index is 12.7. The topological polar surface area (TPSA) is 62.7 Å². The van der Waals surface area contributed by atoms with Gasteiger partial charge in [0, 0.05) is 20.2 Å². The van der Waals surface area contributed by atoms with E-state index in [9.17, 15) is 18.0 Å². The van der Waals surface area contributed by atoms with Crippen molar-refractivity contribution in [1.82, 2.24) is 4.98 Å². The third-order valence-corrected chi connectivity index (χ3v) is 2.61. The van der Waals surface area contributed by atoms with Crippen LogP contribution >= 0.6 is 0 Å². The molecule has 8 heteroatoms. The van der Waals surface area contributed by atoms with Gasteiger partial charge in [-0.15, -0.1) is 6.58 Å². The highest BCUT2D eigenvalue weighted by Gasteiger charge is 2.34. The summed E-state index contributed by atoms with van der Waals surface area (Å²) in [5.74, 6) is -1.60. The normalized spacial score (nSPS) is 11.2. The molecule has 1 rings (SSSR count). The van der Waals surface area contributed by atoms with Gasteiger partial charge in [0.05, 0.1) is 6.61 Å². The van der Waals surface area contributed by atoms with Crippen LogP contribution in [0.1, 0.15) is 16.1 Å². The molecule has 0 spiro atoms. The number of hydrogen-bond acceptors (Lipinski definition) is 4. The van der Waals surface area contributed by atoms with E-state index in [-0.39, 0.29) is 31.1 Å². The number of aromatic carboxylic acids is 1. The van der Waals surface area contributed by atoms with Gasteiger partial charge in [-0.05, 0) is 12.1 Å². The molecule has 0 bridgehead atoms. The first-order chi connectivity index (χ1) is 9.81. The molecule has 0 aromatic carbocycles. The lowest BCUT2D eigenvalue weighted by Gasteiger charge is -2.24. The number of ether oxygens (including phenoxy) is 1. The van der Waals surface area contributed by atoms with E-state index in [1.807, 2.05) is 0 Å². The van der Waals surface area contributed by atoms with Gasteiger partial charge in [-0.1, -0.05) is 6.08 Å². The van der Waals surface area contributed by atoms with Crippen molar-refractivity contribution in [3.8, 4) is 0 Å². The average molecular weight is 304 g/mol. The van der Waals surface area contributed by atoms with Crippen LogP contribution in [0, 0.1) is 0 Å². The molecule has 0 saturated heterocycles. The number of nitrogens with zero attached hydrogens (tertiary/aromatic N) is 2. The molecule has 0 atom stereocenters. The number of carboxylic acid groups (broad SMARTS) is 1. The zero-order chi connectivity index (χ0) is 16.0. The molecular formula is C13H15F3N2O3. The summed E-state index contributed by atoms with van der Waals surface area (Å²) >= 11 is 0. The zero-order valence-electron chi connectivity index (χ0n) is 11.4. The standard InChI is InChI=1S/C13H15F3N2O3/c1-3-6-18(7-8-21-2)11-9(12(19)20)4-5-10(17-11)13(14,15)16/h3-5H,1,6-8H2,2H3,(H,19,20). The van der Waals surface area contributed by atoms with Crippen LogP contribution in [0.3, 0.4) is 0 Å². The van der Waals surface area contributed by atoms with Crippen molar-refractivity contribution < 1.29 is 27.8 Å². The van der Waals surface area contributed by atoms with Gasteiger partial charge in [0.15, 0.2) is 0 Å². The Balaban J connectivity index is 3.31. The summed E-state index contributed by atoms with van der Waals surface area (Å²) in [6.07, 6.45) is -3.20. The Morgan fingerprint density at radius 1 is 1.52 bits per heavy atom. The number of carboxylic acids is 1. The second kappa shape index (κ2) is 7.07. The Morgan fingerprint density at radius 3 is 2.67 bits per heavy atom. The van der Waals surface area contributed by atoms with E-state index in [1.54, 1.807) is 0 Å². The molecule has 0 aliphatic carbocycles. The minimum Gasteiger partial charge on any atom is -0.478 e. The van der Waals surface area contributed by atoms with Crippen LogP contribution in [0.25, 0.3) is 0 Å². The number of aromatic nitrogens is 1. The highest BCUT2D eigenvalue weighted by molar-refractivity contribution is 5.93. The highest BCUT2D eigenvalue weighted by atomic mass is 19.4. The quantitative estimate of drug-likeness (QED) is 0.784. The Labute approximate surface area is 119 Å². The first kappa shape index (κ1) is 17.0. The molecule has 1 aromatic rings. The molecule has 0 fully saturated rings. The molecular weight excluding hydrogens is 289 g/mol. The maximum Gasteiger partial charge on any atom is 0.433 e. The summed E-state index contributed by atoms with van der Waals surface area (Å²) in [5.41, 5.74) is -1.45. The third kappa shape index (κ3) is 4.45. The summed E-state index contributed by atoms with van der Waals surface area (Å²) in [5, 5.41) is 9.10. The van der Waals surface area contributed by atoms with E-state index in [4.69, 9.17) is 9.84 Å². The smallest absolute Gasteiger partial charge is 0.433 e. The first-order valence-corrected chi connectivity index (χ1v) is 5.97. The second-order valence-electron chi connectivity index (χ2n) is 4.10. The van der Waals surface area contributed by atoms with Crippen LogP contribution < -0.4 is 4.90 Å². The van der Waals surface area contributed by atoms with Gasteiger partial charge in [0.1, 0.15) is 17.1 Å². The molecule has 0 aliphatic heterocycles. The number of rotatable bonds is 7. The lowest BCUT2D eigenvalue weighted by Crippen LogP contribution is -2.30. The van der Waals surface area contributed by atoms with Crippen molar-refractivity contribution in [2.24, 2.45) is 0 Å². The summed E-state index contributed by atoms with van der Waals surface area (Å²) in [6.45, 7) is 4.06. The van der Waals surface area contributed by atoms with Crippen molar-refractivity contribution in [3.05, 3.63) is 36.0 Å². The molecule has 116 valence electrons. The van der Waals surface area contributed by atoms with Crippen molar-refractivity contribution >= 4 is 11.8 Å². The average Bonchev–Trinajstić information content (AvgIpc) is 2.41. The van der Waals surface area contributed by atoms with Crippen LogP contribution in [-0.2, 0) is 10.9 Å². The fourth-order valence-corrected chi connectivity index (χ4v) is 1.66. The zero-order valence-corrected chi connectivity index (χ0v) is 11.4. The van der Waals surface area contributed by atoms with Gasteiger partial charge in [-0.3, -0.25) is 0 Å². The number of alkyl halides is 3. The number of hydrogen-bond donors (Lipinski definition) is 1. The van der Waals surface area contributed by atoms with Gasteiger partial charge in [-0.2, -0.15) is 13.2 Å². The highest BCUT2D eigenvalue weighted by Crippen LogP contribution is 2.30. The molecule has 21 heavy (non-hydrogen) atoms. The van der Waals surface area contributed by atoms with Crippen LogP contribution in [0.5, 0.6) is 0 Å². The monoisotopic (exact) mass is 304 g/mol. The number of carbonyl (C=O) groups is 1. The van der Waals surface area contributed by atoms with Crippen molar-refractivity contribution in [1.29, 1.82) is 0 Å². The molecule has 0 radical (unpaired) electrons. The maximum atomic E-state index is 12.7. The Morgan fingerprint density at radius 2 is 2.19 bits per heavy atom. The van der Waals surface area contributed by atoms with Crippen LogP contribution in [0.2, 0.25) is 0 Å². The molecule has 0 unspecified atom stereocenters. The SMILES string of the molecule is C=CCN(CCOC)c1nc(C(F)(F)F)ccc1C(=O)O. The van der Waals surface area contributed by atoms with Crippen LogP contribution in [-0.4, -0.2) is 42.9 Å². The fourth-order valence-electron chi connectivity index (χ4n) is 1.66. The third-order valence-electron chi connectivity index (χ3n) is 2.61. The lowest BCUT2D eigenvalue weighted by molar-refractivity contribution is -0.141. The molecule has 1 aromatic heterocycles. The Bertz CT molecular complexity index is 518. The van der Waals surface area contributed by atoms with E-state index in [2.05, 4.69) is 11.6 Å². The lowest BCUT2D eigenvalue weighted by atomic mass is 10.2. The van der Waals surface area contributed by atoms with E-state index < -0.39 is 17.8 Å². The van der Waals surface area contributed by atoms with Gasteiger partial charge in [0.2, 0.25) is 0 Å². The Hall–Kier alpha value is -2.09. The number of halogens is 3. The predicted molar refractivity (Wildman–Crippen MR) is 70.5 cm³/mol. The fraction of sp³-hybridized carbons (Fsp3) is 0.385. The molecule has 1 heterocycles. The summed E-state index contributed by atoms with van der Waals surface area (Å²) in [4.78, 5) is 16.0. The van der Waals surface area contributed by atoms with Crippen LogP contribution in [0.15, 0.2) is 24.8 Å². The predicted octanol–water partition coefficient (Wildman–Crippen LogP) is 2.44. The van der Waals surface area contributed by atoms with Crippen molar-refractivity contribution in [2.45, 2.75) is 6.18 Å². The van der Waals surface area contributed by atoms with Gasteiger partial charge in [-0.25, -0.2) is 9.78 Å². The minimum atomic E-state index is -4.65. The van der Waals surface area contributed by atoms with Gasteiger partial charge in [0.25, 0.3) is 0 Å². The Kier molecular flexibility index (Phi) is 5.71. The summed E-state index contributed by atoms with van der Waals surface area (Å²) in [7, 11) is 1.43. The van der Waals surface area contributed by atoms with Gasteiger partial charge >= 0.3 is 12.1 Å².